The molecule has 0 aliphatic rings. The maximum absolute atomic E-state index is 12.6. The Hall–Kier alpha value is -2.89. The van der Waals surface area contributed by atoms with E-state index in [1.165, 1.54) is 7.11 Å². The molecule has 6 nitrogen and oxygen atoms in total. The third-order valence-electron chi connectivity index (χ3n) is 3.91. The van der Waals surface area contributed by atoms with Crippen LogP contribution in [0.5, 0.6) is 5.75 Å². The van der Waals surface area contributed by atoms with Gasteiger partial charge in [0, 0.05) is 18.9 Å². The lowest BCUT2D eigenvalue weighted by atomic mass is 9.90. The number of pyridine rings is 1. The van der Waals surface area contributed by atoms with E-state index in [2.05, 4.69) is 15.6 Å². The van der Waals surface area contributed by atoms with Crippen LogP contribution >= 0.6 is 0 Å². The number of aryl methyl sites for hydroxylation is 1. The summed E-state index contributed by atoms with van der Waals surface area (Å²) in [5.74, 6) is -0.217. The summed E-state index contributed by atoms with van der Waals surface area (Å²) in [7, 11) is 1.53. The highest BCUT2D eigenvalue weighted by molar-refractivity contribution is 6.10. The molecular weight excluding hydrogens is 318 g/mol. The summed E-state index contributed by atoms with van der Waals surface area (Å²) >= 11 is 0. The molecule has 0 fully saturated rings. The number of benzene rings is 1. The molecule has 0 unspecified atom stereocenters. The molecule has 0 bridgehead atoms. The van der Waals surface area contributed by atoms with Crippen molar-refractivity contribution >= 4 is 17.5 Å². The minimum atomic E-state index is -1.24. The highest BCUT2D eigenvalue weighted by Crippen LogP contribution is 2.27. The second-order valence-corrected chi connectivity index (χ2v) is 6.33. The van der Waals surface area contributed by atoms with E-state index in [-0.39, 0.29) is 5.91 Å². The van der Waals surface area contributed by atoms with Gasteiger partial charge in [-0.05, 0) is 50.1 Å². The number of rotatable bonds is 6. The molecule has 0 radical (unpaired) electrons. The van der Waals surface area contributed by atoms with E-state index in [1.807, 2.05) is 19.1 Å². The second-order valence-electron chi connectivity index (χ2n) is 6.33. The van der Waals surface area contributed by atoms with Crippen LogP contribution in [0.15, 0.2) is 42.7 Å². The van der Waals surface area contributed by atoms with E-state index >= 15 is 0 Å². The van der Waals surface area contributed by atoms with E-state index in [0.717, 1.165) is 11.1 Å². The van der Waals surface area contributed by atoms with Crippen LogP contribution in [0.3, 0.4) is 0 Å². The third kappa shape index (κ3) is 4.56. The second kappa shape index (κ2) is 7.79. The summed E-state index contributed by atoms with van der Waals surface area (Å²) in [6.45, 7) is 5.41. The molecule has 132 valence electrons. The van der Waals surface area contributed by atoms with Gasteiger partial charge in [-0.2, -0.15) is 0 Å². The van der Waals surface area contributed by atoms with Gasteiger partial charge in [-0.1, -0.05) is 12.1 Å². The maximum atomic E-state index is 12.6. The fourth-order valence-electron chi connectivity index (χ4n) is 2.21. The van der Waals surface area contributed by atoms with Gasteiger partial charge in [0.15, 0.2) is 0 Å². The van der Waals surface area contributed by atoms with Crippen molar-refractivity contribution in [3.05, 3.63) is 53.9 Å². The number of aromatic nitrogens is 1. The molecule has 2 rings (SSSR count). The fraction of sp³-hybridized carbons (Fsp3) is 0.316. The molecule has 0 saturated carbocycles. The molecule has 25 heavy (non-hydrogen) atoms. The monoisotopic (exact) mass is 341 g/mol. The number of nitrogens with zero attached hydrogens (tertiary/aromatic N) is 1. The Morgan fingerprint density at radius 3 is 2.60 bits per heavy atom. The SMILES string of the molecule is COc1ccc(C)cc1NC(=O)C(C)(C)C(=O)NCc1cccnc1. The lowest BCUT2D eigenvalue weighted by molar-refractivity contribution is -0.138. The first kappa shape index (κ1) is 18.4. The summed E-state index contributed by atoms with van der Waals surface area (Å²) in [6.07, 6.45) is 3.34. The Morgan fingerprint density at radius 2 is 1.96 bits per heavy atom. The molecule has 2 N–H and O–H groups in total. The van der Waals surface area contributed by atoms with Crippen LogP contribution in [0.1, 0.15) is 25.0 Å². The quantitative estimate of drug-likeness (QED) is 0.792. The maximum Gasteiger partial charge on any atom is 0.239 e. The molecule has 0 aliphatic carbocycles. The van der Waals surface area contributed by atoms with Gasteiger partial charge in [0.25, 0.3) is 0 Å². The number of carbonyl (C=O) groups excluding carboxylic acids is 2. The molecule has 2 aromatic rings. The van der Waals surface area contributed by atoms with Crippen molar-refractivity contribution in [2.45, 2.75) is 27.3 Å². The van der Waals surface area contributed by atoms with E-state index in [1.54, 1.807) is 44.4 Å². The average molecular weight is 341 g/mol. The van der Waals surface area contributed by atoms with Gasteiger partial charge in [0.1, 0.15) is 11.2 Å². The molecule has 2 amide bonds. The number of nitrogens with one attached hydrogen (secondary N) is 2. The molecule has 1 heterocycles. The van der Waals surface area contributed by atoms with Gasteiger partial charge in [-0.25, -0.2) is 0 Å². The summed E-state index contributed by atoms with van der Waals surface area (Å²) in [5.41, 5.74) is 1.15. The summed E-state index contributed by atoms with van der Waals surface area (Å²) in [6, 6.07) is 9.13. The van der Waals surface area contributed by atoms with E-state index in [9.17, 15) is 9.59 Å². The van der Waals surface area contributed by atoms with Gasteiger partial charge in [-0.3, -0.25) is 14.6 Å². The van der Waals surface area contributed by atoms with Crippen molar-refractivity contribution in [1.29, 1.82) is 0 Å². The first-order chi connectivity index (χ1) is 11.8. The number of ether oxygens (including phenoxy) is 1. The number of amides is 2. The summed E-state index contributed by atoms with van der Waals surface area (Å²) in [5, 5.41) is 5.56. The van der Waals surface area contributed by atoms with Gasteiger partial charge in [0.2, 0.25) is 11.8 Å². The summed E-state index contributed by atoms with van der Waals surface area (Å²) < 4.78 is 5.26. The lowest BCUT2D eigenvalue weighted by Crippen LogP contribution is -2.44. The minimum absolute atomic E-state index is 0.317. The number of methoxy groups -OCH3 is 1. The van der Waals surface area contributed by atoms with Crippen LogP contribution in [-0.2, 0) is 16.1 Å². The number of hydrogen-bond donors (Lipinski definition) is 2. The number of carbonyl (C=O) groups is 2. The van der Waals surface area contributed by atoms with Crippen molar-refractivity contribution in [3.8, 4) is 5.75 Å². The predicted molar refractivity (Wildman–Crippen MR) is 96.2 cm³/mol. The van der Waals surface area contributed by atoms with Crippen molar-refractivity contribution in [2.24, 2.45) is 5.41 Å². The van der Waals surface area contributed by atoms with Gasteiger partial charge >= 0.3 is 0 Å². The number of anilines is 1. The molecule has 0 atom stereocenters. The van der Waals surface area contributed by atoms with Crippen molar-refractivity contribution in [3.63, 3.8) is 0 Å². The summed E-state index contributed by atoms with van der Waals surface area (Å²) in [4.78, 5) is 29.1. The van der Waals surface area contributed by atoms with Crippen molar-refractivity contribution in [1.82, 2.24) is 10.3 Å². The fourth-order valence-corrected chi connectivity index (χ4v) is 2.21. The minimum Gasteiger partial charge on any atom is -0.495 e. The van der Waals surface area contributed by atoms with Crippen LogP contribution < -0.4 is 15.4 Å². The van der Waals surface area contributed by atoms with Crippen molar-refractivity contribution in [2.75, 3.05) is 12.4 Å². The highest BCUT2D eigenvalue weighted by atomic mass is 16.5. The van der Waals surface area contributed by atoms with E-state index in [0.29, 0.717) is 18.0 Å². The van der Waals surface area contributed by atoms with Gasteiger partial charge in [0.05, 0.1) is 12.8 Å². The zero-order valence-electron chi connectivity index (χ0n) is 14.9. The number of hydrogen-bond acceptors (Lipinski definition) is 4. The van der Waals surface area contributed by atoms with Crippen LogP contribution in [0.4, 0.5) is 5.69 Å². The Bertz CT molecular complexity index is 758. The Kier molecular flexibility index (Phi) is 5.75. The van der Waals surface area contributed by atoms with Crippen LogP contribution in [-0.4, -0.2) is 23.9 Å². The van der Waals surface area contributed by atoms with E-state index in [4.69, 9.17) is 4.74 Å². The molecule has 0 saturated heterocycles. The van der Waals surface area contributed by atoms with Gasteiger partial charge < -0.3 is 15.4 Å². The normalized spacial score (nSPS) is 10.9. The molecule has 1 aromatic heterocycles. The van der Waals surface area contributed by atoms with E-state index < -0.39 is 11.3 Å². The Labute approximate surface area is 147 Å². The molecular formula is C19H23N3O3. The molecule has 0 aliphatic heterocycles. The first-order valence-electron chi connectivity index (χ1n) is 7.98. The lowest BCUT2D eigenvalue weighted by Gasteiger charge is -2.23. The van der Waals surface area contributed by atoms with Crippen LogP contribution in [0.2, 0.25) is 0 Å². The van der Waals surface area contributed by atoms with Gasteiger partial charge in [-0.15, -0.1) is 0 Å². The highest BCUT2D eigenvalue weighted by Gasteiger charge is 2.36. The standard InChI is InChI=1S/C19H23N3O3/c1-13-7-8-16(25-4)15(10-13)22-18(24)19(2,3)17(23)21-12-14-6-5-9-20-11-14/h5-11H,12H2,1-4H3,(H,21,23)(H,22,24). The van der Waals surface area contributed by atoms with Crippen molar-refractivity contribution < 1.29 is 14.3 Å². The molecule has 0 spiro atoms. The zero-order valence-corrected chi connectivity index (χ0v) is 14.9. The average Bonchev–Trinajstić information content (AvgIpc) is 2.60. The topological polar surface area (TPSA) is 80.3 Å². The predicted octanol–water partition coefficient (Wildman–Crippen LogP) is 2.68. The Balaban J connectivity index is 2.06. The first-order valence-corrected chi connectivity index (χ1v) is 7.98. The zero-order chi connectivity index (χ0) is 18.4. The third-order valence-corrected chi connectivity index (χ3v) is 3.91. The smallest absolute Gasteiger partial charge is 0.239 e. The molecule has 1 aromatic carbocycles. The van der Waals surface area contributed by atoms with Crippen LogP contribution in [0.25, 0.3) is 0 Å². The van der Waals surface area contributed by atoms with Crippen LogP contribution in [0, 0.1) is 12.3 Å². The largest absolute Gasteiger partial charge is 0.495 e. The Morgan fingerprint density at radius 1 is 1.20 bits per heavy atom. The molecule has 6 heteroatoms.